The molecule has 47 heavy (non-hydrogen) atoms. The first-order valence-electron chi connectivity index (χ1n) is 15.1. The molecule has 4 aromatic rings. The van der Waals surface area contributed by atoms with Crippen molar-refractivity contribution in [3.05, 3.63) is 101 Å². The van der Waals surface area contributed by atoms with Crippen LogP contribution in [-0.4, -0.2) is 92.7 Å². The number of methoxy groups -OCH3 is 1. The lowest BCUT2D eigenvalue weighted by Crippen LogP contribution is -2.62. The highest BCUT2D eigenvalue weighted by atomic mass is 35.5. The molecule has 2 atom stereocenters. The molecule has 0 radical (unpaired) electrons. The number of carbonyl (C=O) groups excluding carboxylic acids is 1. The Kier molecular flexibility index (Phi) is 11.9. The number of carbonyl (C=O) groups is 1. The van der Waals surface area contributed by atoms with E-state index in [9.17, 15) is 18.0 Å². The van der Waals surface area contributed by atoms with Crippen molar-refractivity contribution in [2.45, 2.75) is 44.1 Å². The second-order valence-corrected chi connectivity index (χ2v) is 11.7. The normalized spacial score (nSPS) is 18.9. The molecular weight excluding hydrogens is 654 g/mol. The van der Waals surface area contributed by atoms with Crippen molar-refractivity contribution in [3.8, 4) is 11.4 Å². The molecular formula is C33H38Cl2F3N7O2. The molecule has 9 nitrogen and oxygen atoms in total. The fourth-order valence-electron chi connectivity index (χ4n) is 6.89. The Morgan fingerprint density at radius 1 is 0.936 bits per heavy atom. The number of rotatable bonds is 7. The van der Waals surface area contributed by atoms with Crippen LogP contribution in [0.1, 0.15) is 41.8 Å². The number of amides is 1. The molecule has 0 saturated carbocycles. The summed E-state index contributed by atoms with van der Waals surface area (Å²) in [4.78, 5) is 19.4. The van der Waals surface area contributed by atoms with E-state index in [0.717, 1.165) is 18.5 Å². The van der Waals surface area contributed by atoms with Crippen molar-refractivity contribution >= 4 is 30.7 Å². The Balaban J connectivity index is 0.00000250. The van der Waals surface area contributed by atoms with Gasteiger partial charge in [-0.3, -0.25) is 14.6 Å². The van der Waals surface area contributed by atoms with Gasteiger partial charge < -0.3 is 9.64 Å². The summed E-state index contributed by atoms with van der Waals surface area (Å²) in [6.45, 7) is 5.61. The fraction of sp³-hybridized carbons (Fsp3) is 0.394. The summed E-state index contributed by atoms with van der Waals surface area (Å²) in [5.41, 5.74) is 3.33. The van der Waals surface area contributed by atoms with Gasteiger partial charge in [0.15, 0.2) is 0 Å². The van der Waals surface area contributed by atoms with Gasteiger partial charge in [0, 0.05) is 69.8 Å². The average Bonchev–Trinajstić information content (AvgIpc) is 3.44. The minimum Gasteiger partial charge on any atom is -0.496 e. The SMILES string of the molecule is COc1ccc(-n2nnnc2C(F)(F)F)cc1CN1CC(C(c2ccccc2)c2ccccc2)N2CCCN(C(C)=O)C[C@H]2C1.Cl.Cl. The Labute approximate surface area is 284 Å². The molecule has 2 aliphatic heterocycles. The first kappa shape index (κ1) is 36.1. The van der Waals surface area contributed by atoms with E-state index in [1.807, 2.05) is 17.0 Å². The lowest BCUT2D eigenvalue weighted by molar-refractivity contribution is -0.146. The van der Waals surface area contributed by atoms with Gasteiger partial charge in [0.05, 0.1) is 12.8 Å². The van der Waals surface area contributed by atoms with Gasteiger partial charge in [0.25, 0.3) is 5.82 Å². The Morgan fingerprint density at radius 2 is 1.60 bits per heavy atom. The minimum absolute atomic E-state index is 0. The molecule has 0 N–H and O–H groups in total. The van der Waals surface area contributed by atoms with Gasteiger partial charge in [-0.2, -0.15) is 17.9 Å². The number of hydrogen-bond acceptors (Lipinski definition) is 7. The standard InChI is InChI=1S/C33H36F3N7O2.2ClH/c1-23(44)41-16-9-17-42-28(21-41)20-40(22-29(42)31(24-10-5-3-6-11-24)25-12-7-4-8-13-25)19-26-18-27(14-15-30(26)45-2)43-32(33(34,35)36)37-38-39-43;;/h3-8,10-15,18,28-29,31H,9,16-17,19-22H2,1-2H3;2*1H/t28-,29?;;/m1../s1. The lowest BCUT2D eigenvalue weighted by Gasteiger charge is -2.49. The molecule has 0 bridgehead atoms. The van der Waals surface area contributed by atoms with Crippen LogP contribution in [-0.2, 0) is 17.5 Å². The van der Waals surface area contributed by atoms with Crippen LogP contribution >= 0.6 is 24.8 Å². The number of fused-ring (bicyclic) bond motifs is 1. The maximum atomic E-state index is 13.6. The van der Waals surface area contributed by atoms with Crippen LogP contribution in [0.4, 0.5) is 13.2 Å². The van der Waals surface area contributed by atoms with E-state index in [2.05, 4.69) is 73.9 Å². The summed E-state index contributed by atoms with van der Waals surface area (Å²) in [6.07, 6.45) is -3.83. The highest BCUT2D eigenvalue weighted by Crippen LogP contribution is 2.37. The van der Waals surface area contributed by atoms with Gasteiger partial charge in [-0.05, 0) is 46.2 Å². The van der Waals surface area contributed by atoms with Crippen LogP contribution in [0.5, 0.6) is 5.75 Å². The van der Waals surface area contributed by atoms with Gasteiger partial charge in [-0.15, -0.1) is 29.9 Å². The van der Waals surface area contributed by atoms with Crippen LogP contribution < -0.4 is 4.74 Å². The van der Waals surface area contributed by atoms with Crippen LogP contribution in [0.25, 0.3) is 5.69 Å². The number of benzene rings is 3. The molecule has 14 heteroatoms. The molecule has 2 saturated heterocycles. The Bertz CT molecular complexity index is 1570. The van der Waals surface area contributed by atoms with Crippen molar-refractivity contribution < 1.29 is 22.7 Å². The molecule has 3 heterocycles. The van der Waals surface area contributed by atoms with Crippen molar-refractivity contribution in [2.24, 2.45) is 0 Å². The second kappa shape index (κ2) is 15.5. The predicted molar refractivity (Wildman–Crippen MR) is 176 cm³/mol. The number of aromatic nitrogens is 4. The zero-order valence-electron chi connectivity index (χ0n) is 26.1. The molecule has 6 rings (SSSR count). The maximum absolute atomic E-state index is 13.6. The summed E-state index contributed by atoms with van der Waals surface area (Å²) >= 11 is 0. The zero-order chi connectivity index (χ0) is 31.6. The van der Waals surface area contributed by atoms with Gasteiger partial charge >= 0.3 is 6.18 Å². The third-order valence-electron chi connectivity index (χ3n) is 8.86. The van der Waals surface area contributed by atoms with Crippen molar-refractivity contribution in [1.29, 1.82) is 0 Å². The van der Waals surface area contributed by atoms with Crippen LogP contribution in [0, 0.1) is 0 Å². The maximum Gasteiger partial charge on any atom is 0.453 e. The van der Waals surface area contributed by atoms with E-state index in [1.165, 1.54) is 17.2 Å². The van der Waals surface area contributed by atoms with Crippen LogP contribution in [0.3, 0.4) is 0 Å². The zero-order valence-corrected chi connectivity index (χ0v) is 27.7. The van der Waals surface area contributed by atoms with Gasteiger partial charge in [-0.1, -0.05) is 60.7 Å². The quantitative estimate of drug-likeness (QED) is 0.254. The molecule has 2 aliphatic rings. The molecule has 2 fully saturated rings. The number of halogens is 5. The van der Waals surface area contributed by atoms with Crippen molar-refractivity contribution in [3.63, 3.8) is 0 Å². The number of nitrogens with zero attached hydrogens (tertiary/aromatic N) is 7. The smallest absolute Gasteiger partial charge is 0.453 e. The largest absolute Gasteiger partial charge is 0.496 e. The summed E-state index contributed by atoms with van der Waals surface area (Å²) < 4.78 is 47.3. The topological polar surface area (TPSA) is 79.6 Å². The molecule has 1 unspecified atom stereocenters. The summed E-state index contributed by atoms with van der Waals surface area (Å²) in [5.74, 6) is -0.508. The molecule has 252 valence electrons. The number of piperazine rings is 1. The van der Waals surface area contributed by atoms with Crippen molar-refractivity contribution in [1.82, 2.24) is 34.9 Å². The molecule has 0 spiro atoms. The average molecular weight is 693 g/mol. The first-order chi connectivity index (χ1) is 21.7. The second-order valence-electron chi connectivity index (χ2n) is 11.7. The Hall–Kier alpha value is -3.71. The third kappa shape index (κ3) is 7.89. The summed E-state index contributed by atoms with van der Waals surface area (Å²) in [5, 5.41) is 10.1. The summed E-state index contributed by atoms with van der Waals surface area (Å²) in [6, 6.07) is 25.9. The predicted octanol–water partition coefficient (Wildman–Crippen LogP) is 5.47. The highest BCUT2D eigenvalue weighted by molar-refractivity contribution is 5.85. The monoisotopic (exact) mass is 691 g/mol. The van der Waals surface area contributed by atoms with E-state index in [0.29, 0.717) is 43.2 Å². The van der Waals surface area contributed by atoms with E-state index in [1.54, 1.807) is 26.2 Å². The molecule has 1 aromatic heterocycles. The highest BCUT2D eigenvalue weighted by Gasteiger charge is 2.42. The van der Waals surface area contributed by atoms with E-state index >= 15 is 0 Å². The van der Waals surface area contributed by atoms with Gasteiger partial charge in [0.1, 0.15) is 5.75 Å². The lowest BCUT2D eigenvalue weighted by atomic mass is 9.82. The molecule has 3 aromatic carbocycles. The Morgan fingerprint density at radius 3 is 2.19 bits per heavy atom. The summed E-state index contributed by atoms with van der Waals surface area (Å²) in [7, 11) is 1.55. The first-order valence-corrected chi connectivity index (χ1v) is 15.1. The van der Waals surface area contributed by atoms with E-state index in [-0.39, 0.29) is 54.4 Å². The van der Waals surface area contributed by atoms with Crippen LogP contribution in [0.2, 0.25) is 0 Å². The van der Waals surface area contributed by atoms with Gasteiger partial charge in [-0.25, -0.2) is 0 Å². The molecule has 1 amide bonds. The number of tetrazole rings is 1. The van der Waals surface area contributed by atoms with Crippen molar-refractivity contribution in [2.75, 3.05) is 39.8 Å². The van der Waals surface area contributed by atoms with E-state index in [4.69, 9.17) is 4.74 Å². The molecule has 0 aliphatic carbocycles. The minimum atomic E-state index is -4.71. The van der Waals surface area contributed by atoms with Gasteiger partial charge in [0.2, 0.25) is 5.91 Å². The third-order valence-corrected chi connectivity index (χ3v) is 8.86. The number of hydrogen-bond donors (Lipinski definition) is 0. The number of alkyl halides is 3. The van der Waals surface area contributed by atoms with E-state index < -0.39 is 12.0 Å². The fourth-order valence-corrected chi connectivity index (χ4v) is 6.89. The van der Waals surface area contributed by atoms with Crippen LogP contribution in [0.15, 0.2) is 78.9 Å². The number of ether oxygens (including phenoxy) is 1.